The molecule has 0 saturated carbocycles. The Kier molecular flexibility index (Phi) is 4.47. The Morgan fingerprint density at radius 3 is 2.42 bits per heavy atom. The lowest BCUT2D eigenvalue weighted by molar-refractivity contribution is 0.240. The van der Waals surface area contributed by atoms with Crippen molar-refractivity contribution in [2.75, 3.05) is 0 Å². The van der Waals surface area contributed by atoms with Crippen molar-refractivity contribution in [3.63, 3.8) is 0 Å². The van der Waals surface area contributed by atoms with Crippen molar-refractivity contribution in [3.05, 3.63) is 59.9 Å². The lowest BCUT2D eigenvalue weighted by atomic mass is 10.2. The summed E-state index contributed by atoms with van der Waals surface area (Å²) < 4.78 is 18.3. The molecule has 2 N–H and O–H groups in total. The molecule has 5 heteroatoms. The van der Waals surface area contributed by atoms with Crippen molar-refractivity contribution in [3.8, 4) is 5.75 Å². The van der Waals surface area contributed by atoms with E-state index >= 15 is 0 Å². The number of aliphatic imine (C=N–C) groups is 1. The van der Waals surface area contributed by atoms with Crippen LogP contribution < -0.4 is 10.2 Å². The Labute approximate surface area is 110 Å². The third-order valence-corrected chi connectivity index (χ3v) is 2.43. The van der Waals surface area contributed by atoms with Crippen LogP contribution in [0.4, 0.5) is 10.1 Å². The predicted molar refractivity (Wildman–Crippen MR) is 70.2 cm³/mol. The monoisotopic (exact) mass is 260 g/mol. The van der Waals surface area contributed by atoms with E-state index < -0.39 is 0 Å². The van der Waals surface area contributed by atoms with Crippen molar-refractivity contribution in [2.24, 2.45) is 4.99 Å². The second-order valence-corrected chi connectivity index (χ2v) is 3.80. The molecular formula is C14H13FN2O2. The Hall–Kier alpha value is -2.40. The van der Waals surface area contributed by atoms with Crippen molar-refractivity contribution in [1.82, 2.24) is 5.48 Å². The Bertz CT molecular complexity index is 538. The summed E-state index contributed by atoms with van der Waals surface area (Å²) in [5.41, 5.74) is 3.42. The second kappa shape index (κ2) is 6.51. The van der Waals surface area contributed by atoms with E-state index in [-0.39, 0.29) is 5.82 Å². The molecule has 0 spiro atoms. The summed E-state index contributed by atoms with van der Waals surface area (Å²) in [6.45, 7) is 0.376. The summed E-state index contributed by atoms with van der Waals surface area (Å²) in [5.74, 6) is 0.434. The van der Waals surface area contributed by atoms with Crippen LogP contribution in [-0.4, -0.2) is 11.5 Å². The number of hydroxylamine groups is 1. The summed E-state index contributed by atoms with van der Waals surface area (Å²) in [7, 11) is 0. The zero-order chi connectivity index (χ0) is 13.5. The average molecular weight is 260 g/mol. The van der Waals surface area contributed by atoms with Gasteiger partial charge < -0.3 is 4.74 Å². The van der Waals surface area contributed by atoms with E-state index in [0.29, 0.717) is 18.0 Å². The van der Waals surface area contributed by atoms with Gasteiger partial charge in [0.2, 0.25) is 0 Å². The number of hydrogen-bond donors (Lipinski definition) is 2. The molecule has 0 heterocycles. The Morgan fingerprint density at radius 2 is 1.79 bits per heavy atom. The topological polar surface area (TPSA) is 53.8 Å². The summed E-state index contributed by atoms with van der Waals surface area (Å²) >= 11 is 0. The van der Waals surface area contributed by atoms with E-state index in [9.17, 15) is 4.39 Å². The van der Waals surface area contributed by atoms with Gasteiger partial charge in [0, 0.05) is 0 Å². The van der Waals surface area contributed by atoms with Gasteiger partial charge in [0.25, 0.3) is 0 Å². The first kappa shape index (κ1) is 13.0. The van der Waals surface area contributed by atoms with Crippen LogP contribution in [0.5, 0.6) is 5.75 Å². The van der Waals surface area contributed by atoms with Crippen LogP contribution in [0.1, 0.15) is 5.56 Å². The zero-order valence-electron chi connectivity index (χ0n) is 10.1. The van der Waals surface area contributed by atoms with Gasteiger partial charge in [-0.25, -0.2) is 9.38 Å². The minimum atomic E-state index is -0.261. The molecule has 0 aliphatic carbocycles. The summed E-state index contributed by atoms with van der Waals surface area (Å²) in [4.78, 5) is 3.91. The van der Waals surface area contributed by atoms with E-state index in [0.717, 1.165) is 5.56 Å². The molecule has 98 valence electrons. The fraction of sp³-hybridized carbons (Fsp3) is 0.0714. The van der Waals surface area contributed by atoms with E-state index in [1.807, 2.05) is 5.48 Å². The molecule has 0 radical (unpaired) electrons. The average Bonchev–Trinajstić information content (AvgIpc) is 2.46. The van der Waals surface area contributed by atoms with Crippen molar-refractivity contribution in [1.29, 1.82) is 0 Å². The molecule has 19 heavy (non-hydrogen) atoms. The van der Waals surface area contributed by atoms with Crippen LogP contribution in [0, 0.1) is 5.82 Å². The van der Waals surface area contributed by atoms with Gasteiger partial charge in [-0.1, -0.05) is 12.1 Å². The highest BCUT2D eigenvalue weighted by Gasteiger charge is 1.97. The number of ether oxygens (including phenoxy) is 1. The fourth-order valence-electron chi connectivity index (χ4n) is 1.48. The molecule has 2 aromatic rings. The maximum atomic E-state index is 12.7. The Balaban J connectivity index is 1.92. The van der Waals surface area contributed by atoms with Gasteiger partial charge in [-0.15, -0.1) is 0 Å². The number of nitrogens with one attached hydrogen (secondary N) is 1. The Morgan fingerprint density at radius 1 is 1.11 bits per heavy atom. The van der Waals surface area contributed by atoms with E-state index in [2.05, 4.69) is 4.99 Å². The number of nitrogens with zero attached hydrogens (tertiary/aromatic N) is 1. The predicted octanol–water partition coefficient (Wildman–Crippen LogP) is 3.04. The highest BCUT2D eigenvalue weighted by molar-refractivity contribution is 5.59. The van der Waals surface area contributed by atoms with Crippen LogP contribution in [-0.2, 0) is 6.61 Å². The maximum Gasteiger partial charge on any atom is 0.123 e. The third kappa shape index (κ3) is 4.08. The lowest BCUT2D eigenvalue weighted by Gasteiger charge is -2.06. The highest BCUT2D eigenvalue weighted by Crippen LogP contribution is 2.18. The second-order valence-electron chi connectivity index (χ2n) is 3.80. The van der Waals surface area contributed by atoms with Gasteiger partial charge in [0.1, 0.15) is 24.5 Å². The smallest absolute Gasteiger partial charge is 0.123 e. The maximum absolute atomic E-state index is 12.7. The molecular weight excluding hydrogens is 247 g/mol. The van der Waals surface area contributed by atoms with Crippen molar-refractivity contribution < 1.29 is 14.3 Å². The van der Waals surface area contributed by atoms with E-state index in [1.165, 1.54) is 18.5 Å². The first-order valence-electron chi connectivity index (χ1n) is 5.67. The zero-order valence-corrected chi connectivity index (χ0v) is 10.1. The number of rotatable bonds is 5. The van der Waals surface area contributed by atoms with Gasteiger partial charge in [-0.2, -0.15) is 0 Å². The molecule has 0 aliphatic rings. The van der Waals surface area contributed by atoms with Crippen LogP contribution in [0.25, 0.3) is 0 Å². The standard InChI is InChI=1S/C14H13FN2O2/c15-12-3-1-11(2-4-12)9-19-14-7-5-13(6-8-14)16-10-17-18/h1-8,10,18H,9H2,(H,16,17). The quantitative estimate of drug-likeness (QED) is 0.493. The molecule has 0 unspecified atom stereocenters. The van der Waals surface area contributed by atoms with Crippen LogP contribution in [0.2, 0.25) is 0 Å². The van der Waals surface area contributed by atoms with Gasteiger partial charge in [-0.05, 0) is 42.0 Å². The normalized spacial score (nSPS) is 10.6. The molecule has 4 nitrogen and oxygen atoms in total. The van der Waals surface area contributed by atoms with Gasteiger partial charge in [0.05, 0.1) is 5.69 Å². The molecule has 0 fully saturated rings. The van der Waals surface area contributed by atoms with E-state index in [1.54, 1.807) is 36.4 Å². The largest absolute Gasteiger partial charge is 0.489 e. The minimum Gasteiger partial charge on any atom is -0.489 e. The fourth-order valence-corrected chi connectivity index (χ4v) is 1.48. The molecule has 0 atom stereocenters. The molecule has 0 bridgehead atoms. The SMILES string of the molecule is ONC=Nc1ccc(OCc2ccc(F)cc2)cc1. The van der Waals surface area contributed by atoms with Gasteiger partial charge in [0.15, 0.2) is 0 Å². The minimum absolute atomic E-state index is 0.261. The van der Waals surface area contributed by atoms with Crippen molar-refractivity contribution >= 4 is 12.0 Å². The third-order valence-electron chi connectivity index (χ3n) is 2.43. The van der Waals surface area contributed by atoms with Gasteiger partial charge in [-0.3, -0.25) is 10.7 Å². The highest BCUT2D eigenvalue weighted by atomic mass is 19.1. The lowest BCUT2D eigenvalue weighted by Crippen LogP contribution is -2.00. The molecule has 0 saturated heterocycles. The van der Waals surface area contributed by atoms with Crippen LogP contribution >= 0.6 is 0 Å². The molecule has 0 aliphatic heterocycles. The van der Waals surface area contributed by atoms with E-state index in [4.69, 9.17) is 9.94 Å². The van der Waals surface area contributed by atoms with Crippen LogP contribution in [0.3, 0.4) is 0 Å². The summed E-state index contributed by atoms with van der Waals surface area (Å²) in [6.07, 6.45) is 1.17. The molecule has 2 aromatic carbocycles. The number of hydrogen-bond acceptors (Lipinski definition) is 3. The summed E-state index contributed by atoms with van der Waals surface area (Å²) in [6, 6.07) is 13.2. The first-order chi connectivity index (χ1) is 9.28. The first-order valence-corrected chi connectivity index (χ1v) is 5.67. The molecule has 0 aromatic heterocycles. The summed E-state index contributed by atoms with van der Waals surface area (Å²) in [5, 5.41) is 8.36. The number of benzene rings is 2. The molecule has 0 amide bonds. The van der Waals surface area contributed by atoms with Crippen LogP contribution in [0.15, 0.2) is 53.5 Å². The van der Waals surface area contributed by atoms with Gasteiger partial charge >= 0.3 is 0 Å². The number of halogens is 1. The molecule has 2 rings (SSSR count). The van der Waals surface area contributed by atoms with Crippen molar-refractivity contribution in [2.45, 2.75) is 6.61 Å².